The van der Waals surface area contributed by atoms with Crippen LogP contribution in [-0.2, 0) is 59.2 Å². The Labute approximate surface area is 489 Å². The van der Waals surface area contributed by atoms with Crippen molar-refractivity contribution in [3.8, 4) is 0 Å². The van der Waals surface area contributed by atoms with Gasteiger partial charge in [-0.25, -0.2) is 14.4 Å². The molecule has 0 spiro atoms. The molecular formula is C59H81ClN8O15. The Balaban J connectivity index is 0.975. The zero-order valence-corrected chi connectivity index (χ0v) is 49.5. The number of nitrogens with zero attached hydrogens (tertiary/aromatic N) is 3. The van der Waals surface area contributed by atoms with Gasteiger partial charge in [0.05, 0.1) is 11.0 Å². The number of imide groups is 1. The molecule has 3 saturated carbocycles. The Morgan fingerprint density at radius 3 is 2.14 bits per heavy atom. The van der Waals surface area contributed by atoms with Crippen molar-refractivity contribution in [2.24, 2.45) is 40.2 Å². The first-order valence-corrected chi connectivity index (χ1v) is 28.9. The number of urea groups is 1. The number of aliphatic hydroxyl groups is 1. The molecular weight excluding hydrogens is 1100 g/mol. The molecule has 83 heavy (non-hydrogen) atoms. The standard InChI is InChI=1S/C59H81ClN8O15/c1-9-49(75)83-59(36(4)30-42-41-21-18-38-31-40(69)24-25-56(38,5)58(41,60)44(70)32-57(42,59)6)45(71)34-82-55(80)67(8)29-28-66(7)54(79)81-33-37-16-19-39(20-17-37)63-51(76)43(14-13-26-62-53(61)78)64-52(77)50(35(2)3)65-46(72)15-11-10-12-27-68-47(73)22-23-48(68)74/h16-17,19-20,22-25,31,35-36,41-44,50,70H,9-15,18,21,26-30,32-34H2,1-8H3,(H,63,76)(H,64,77)(H,65,72)(H3,61,62,78)/t36-,41+,42+,43+,44+,50+,56+,57+,58+,59+/m1/s1. The average Bonchev–Trinajstić information content (AvgIpc) is 2.23. The lowest BCUT2D eigenvalue weighted by molar-refractivity contribution is -0.202. The first kappa shape index (κ1) is 65.0. The highest BCUT2D eigenvalue weighted by Gasteiger charge is 2.76. The largest absolute Gasteiger partial charge is 0.450 e. The lowest BCUT2D eigenvalue weighted by Crippen LogP contribution is -2.69. The Morgan fingerprint density at radius 2 is 1.52 bits per heavy atom. The average molecular weight is 1180 g/mol. The summed E-state index contributed by atoms with van der Waals surface area (Å²) in [6.07, 6.45) is 8.02. The second-order valence-electron chi connectivity index (χ2n) is 23.3. The van der Waals surface area contributed by atoms with Crippen LogP contribution >= 0.6 is 11.6 Å². The van der Waals surface area contributed by atoms with Crippen molar-refractivity contribution < 1.29 is 72.1 Å². The third-order valence-corrected chi connectivity index (χ3v) is 18.4. The van der Waals surface area contributed by atoms with Gasteiger partial charge in [0.15, 0.2) is 18.0 Å². The number of hydrogen-bond donors (Lipinski definition) is 6. The van der Waals surface area contributed by atoms with Crippen molar-refractivity contribution in [2.45, 2.75) is 147 Å². The molecule has 1 aliphatic heterocycles. The van der Waals surface area contributed by atoms with Crippen LogP contribution in [0.3, 0.4) is 0 Å². The molecule has 6 rings (SSSR count). The molecule has 10 atom stereocenters. The topological polar surface area (TPSA) is 320 Å². The molecule has 4 aliphatic carbocycles. The number of hydrogen-bond acceptors (Lipinski definition) is 15. The Kier molecular flexibility index (Phi) is 21.5. The quantitative estimate of drug-likeness (QED) is 0.0235. The van der Waals surface area contributed by atoms with Crippen molar-refractivity contribution in [2.75, 3.05) is 52.2 Å². The summed E-state index contributed by atoms with van der Waals surface area (Å²) in [5.74, 6) is -5.21. The van der Waals surface area contributed by atoms with Gasteiger partial charge in [0.25, 0.3) is 11.8 Å². The Hall–Kier alpha value is -7.14. The molecule has 24 heteroatoms. The van der Waals surface area contributed by atoms with Crippen LogP contribution in [0.5, 0.6) is 0 Å². The number of ether oxygens (including phenoxy) is 3. The number of fused-ring (bicyclic) bond motifs is 5. The summed E-state index contributed by atoms with van der Waals surface area (Å²) in [5, 5.41) is 22.9. The number of nitrogens with two attached hydrogens (primary N) is 1. The van der Waals surface area contributed by atoms with Gasteiger partial charge in [-0.2, -0.15) is 0 Å². The van der Waals surface area contributed by atoms with Crippen LogP contribution in [0, 0.1) is 34.5 Å². The molecule has 0 aromatic heterocycles. The van der Waals surface area contributed by atoms with Crippen molar-refractivity contribution in [1.29, 1.82) is 0 Å². The number of aliphatic hydroxyl groups excluding tert-OH is 1. The van der Waals surface area contributed by atoms with Crippen LogP contribution in [0.15, 0.2) is 60.2 Å². The molecule has 0 unspecified atom stereocenters. The van der Waals surface area contributed by atoms with Crippen molar-refractivity contribution in [1.82, 2.24) is 30.7 Å². The first-order chi connectivity index (χ1) is 39.1. The normalized spacial score (nSPS) is 26.6. The number of unbranched alkanes of at least 4 members (excludes halogenated alkanes) is 2. The van der Waals surface area contributed by atoms with E-state index in [0.29, 0.717) is 49.8 Å². The van der Waals surface area contributed by atoms with E-state index >= 15 is 0 Å². The number of benzene rings is 1. The lowest BCUT2D eigenvalue weighted by Gasteiger charge is -2.64. The number of nitrogens with one attached hydrogen (secondary N) is 4. The van der Waals surface area contributed by atoms with Crippen LogP contribution in [0.25, 0.3) is 0 Å². The summed E-state index contributed by atoms with van der Waals surface area (Å²) in [7, 11) is 2.91. The zero-order chi connectivity index (χ0) is 61.2. The van der Waals surface area contributed by atoms with E-state index in [-0.39, 0.29) is 106 Å². The molecule has 454 valence electrons. The van der Waals surface area contributed by atoms with Gasteiger partial charge in [-0.3, -0.25) is 43.3 Å². The third-order valence-electron chi connectivity index (χ3n) is 17.5. The minimum Gasteiger partial charge on any atom is -0.450 e. The summed E-state index contributed by atoms with van der Waals surface area (Å²) in [6, 6.07) is 3.55. The highest BCUT2D eigenvalue weighted by Crippen LogP contribution is 2.72. The highest BCUT2D eigenvalue weighted by atomic mass is 35.5. The van der Waals surface area contributed by atoms with Gasteiger partial charge in [0.2, 0.25) is 23.5 Å². The van der Waals surface area contributed by atoms with E-state index < -0.39 is 93.8 Å². The van der Waals surface area contributed by atoms with E-state index in [0.717, 1.165) is 10.5 Å². The number of halogens is 1. The van der Waals surface area contributed by atoms with Gasteiger partial charge in [0, 0.05) is 87.7 Å². The Bertz CT molecular complexity index is 2750. The van der Waals surface area contributed by atoms with Gasteiger partial charge in [0.1, 0.15) is 18.7 Å². The number of likely N-dealkylation sites (N-methyl/N-ethyl adjacent to an activating group) is 2. The van der Waals surface area contributed by atoms with Crippen molar-refractivity contribution >= 4 is 82.6 Å². The molecule has 3 fully saturated rings. The fraction of sp³-hybridized carbons (Fsp3) is 0.610. The predicted octanol–water partition coefficient (Wildman–Crippen LogP) is 4.97. The van der Waals surface area contributed by atoms with Crippen LogP contribution < -0.4 is 27.0 Å². The number of alkyl halides is 1. The number of primary amides is 1. The third kappa shape index (κ3) is 14.3. The number of anilines is 1. The molecule has 9 amide bonds. The van der Waals surface area contributed by atoms with Crippen LogP contribution in [-0.4, -0.2) is 161 Å². The van der Waals surface area contributed by atoms with Gasteiger partial charge < -0.3 is 56.1 Å². The summed E-state index contributed by atoms with van der Waals surface area (Å²) < 4.78 is 17.3. The minimum atomic E-state index is -1.77. The van der Waals surface area contributed by atoms with E-state index in [1.807, 2.05) is 20.8 Å². The number of carbonyl (C=O) groups is 11. The van der Waals surface area contributed by atoms with Crippen LogP contribution in [0.2, 0.25) is 0 Å². The number of esters is 1. The molecule has 23 nitrogen and oxygen atoms in total. The van der Waals surface area contributed by atoms with E-state index in [4.69, 9.17) is 31.5 Å². The maximum atomic E-state index is 14.7. The summed E-state index contributed by atoms with van der Waals surface area (Å²) in [4.78, 5) is 144. The number of carbonyl (C=O) groups excluding carboxylic acids is 11. The fourth-order valence-corrected chi connectivity index (χ4v) is 13.4. The molecule has 0 saturated heterocycles. The number of amides is 9. The molecule has 1 heterocycles. The predicted molar refractivity (Wildman–Crippen MR) is 303 cm³/mol. The molecule has 5 aliphatic rings. The van der Waals surface area contributed by atoms with E-state index in [2.05, 4.69) is 21.3 Å². The van der Waals surface area contributed by atoms with Gasteiger partial charge >= 0.3 is 24.2 Å². The monoisotopic (exact) mass is 1180 g/mol. The van der Waals surface area contributed by atoms with Gasteiger partial charge in [-0.15, -0.1) is 11.6 Å². The van der Waals surface area contributed by atoms with E-state index in [1.165, 1.54) is 42.1 Å². The van der Waals surface area contributed by atoms with Gasteiger partial charge in [-0.1, -0.05) is 71.7 Å². The summed E-state index contributed by atoms with van der Waals surface area (Å²) in [6.45, 7) is 10.2. The van der Waals surface area contributed by atoms with E-state index in [1.54, 1.807) is 57.2 Å². The lowest BCUT2D eigenvalue weighted by atomic mass is 9.45. The summed E-state index contributed by atoms with van der Waals surface area (Å²) >= 11 is 7.63. The molecule has 0 bridgehead atoms. The van der Waals surface area contributed by atoms with Crippen LogP contribution in [0.1, 0.15) is 118 Å². The van der Waals surface area contributed by atoms with E-state index in [9.17, 15) is 57.8 Å². The van der Waals surface area contributed by atoms with Gasteiger partial charge in [-0.05, 0) is 99.0 Å². The maximum Gasteiger partial charge on any atom is 0.409 e. The second-order valence-corrected chi connectivity index (χ2v) is 23.9. The second kappa shape index (κ2) is 27.5. The molecule has 1 aromatic carbocycles. The number of rotatable bonds is 26. The van der Waals surface area contributed by atoms with Crippen LogP contribution in [0.4, 0.5) is 20.1 Å². The molecule has 1 aromatic rings. The smallest absolute Gasteiger partial charge is 0.409 e. The maximum absolute atomic E-state index is 14.7. The number of Topliss-reactive ketones (excluding diaryl/α,β-unsaturated/α-hetero) is 1. The van der Waals surface area contributed by atoms with Crippen molar-refractivity contribution in [3.63, 3.8) is 0 Å². The number of ketones is 2. The highest BCUT2D eigenvalue weighted by molar-refractivity contribution is 6.26. The van der Waals surface area contributed by atoms with Crippen molar-refractivity contribution in [3.05, 3.63) is 65.8 Å². The Morgan fingerprint density at radius 1 is 0.867 bits per heavy atom. The number of allylic oxidation sites excluding steroid dienone is 4. The minimum absolute atomic E-state index is 0.00447. The summed E-state index contributed by atoms with van der Waals surface area (Å²) in [5.41, 5.74) is 3.26. The SMILES string of the molecule is CCC(=O)O[C@]1(C(=O)COC(=O)N(C)CCN(C)C(=O)OCc2ccc(NC(=O)[C@H](CCCNC(N)=O)NC(=O)[C@@H](NC(=O)CCCCCN3C(=O)C=CC3=O)C(C)C)cc2)[C@H](C)C[C@H]2[C@@H]3CCC4=CC(=O)C=C[C@]4(C)[C@@]3(Cl)[C@@H](O)C[C@@]21C. The zero-order valence-electron chi connectivity index (χ0n) is 48.7. The molecule has 7 N–H and O–H groups in total. The molecule has 0 radical (unpaired) electrons. The fourth-order valence-electron chi connectivity index (χ4n) is 12.9. The first-order valence-electron chi connectivity index (χ1n) is 28.5.